The van der Waals surface area contributed by atoms with Gasteiger partial charge in [0.1, 0.15) is 36.0 Å². The van der Waals surface area contributed by atoms with Gasteiger partial charge in [-0.1, -0.05) is 0 Å². The first-order valence-electron chi connectivity index (χ1n) is 30.4. The van der Waals surface area contributed by atoms with Crippen molar-refractivity contribution in [3.8, 4) is 0 Å². The fourth-order valence-electron chi connectivity index (χ4n) is 12.7. The van der Waals surface area contributed by atoms with Crippen LogP contribution >= 0.6 is 0 Å². The van der Waals surface area contributed by atoms with Crippen LogP contribution in [-0.4, -0.2) is 184 Å². The summed E-state index contributed by atoms with van der Waals surface area (Å²) in [5.74, 6) is 3.08. The van der Waals surface area contributed by atoms with Crippen molar-refractivity contribution in [1.82, 2.24) is 103 Å². The number of rotatable bonds is 24. The predicted octanol–water partition coefficient (Wildman–Crippen LogP) is 2.58. The van der Waals surface area contributed by atoms with Gasteiger partial charge in [-0.15, -0.1) is 0 Å². The van der Waals surface area contributed by atoms with Crippen LogP contribution in [0.4, 0.5) is 35.4 Å². The van der Waals surface area contributed by atoms with Gasteiger partial charge < -0.3 is 75.7 Å². The second-order valence-corrected chi connectivity index (χ2v) is 23.2. The van der Waals surface area contributed by atoms with Gasteiger partial charge in [-0.3, -0.25) is 0 Å². The average molecular weight is 1190 g/mol. The van der Waals surface area contributed by atoms with Crippen LogP contribution < -0.4 is 31.9 Å². The first-order chi connectivity index (χ1) is 42.5. The molecule has 0 unspecified atom stereocenters. The van der Waals surface area contributed by atoms with Crippen LogP contribution in [0.25, 0.3) is 22.3 Å². The molecule has 460 valence electrons. The van der Waals surface area contributed by atoms with Crippen LogP contribution in [0.15, 0.2) is 56.4 Å². The smallest absolute Gasteiger partial charge is 0.227 e. The number of nitrogens with zero attached hydrogens (tertiary/aromatic N) is 21. The molecule has 13 rings (SSSR count). The fourth-order valence-corrected chi connectivity index (χ4v) is 12.7. The molecule has 0 saturated heterocycles. The van der Waals surface area contributed by atoms with E-state index in [2.05, 4.69) is 86.1 Å². The Morgan fingerprint density at radius 3 is 1.46 bits per heavy atom. The third-order valence-electron chi connectivity index (χ3n) is 17.5. The van der Waals surface area contributed by atoms with Gasteiger partial charge in [0.05, 0.1) is 86.5 Å². The Balaban J connectivity index is 0.631. The van der Waals surface area contributed by atoms with E-state index in [0.717, 1.165) is 75.8 Å². The second kappa shape index (κ2) is 25.4. The average Bonchev–Trinajstić information content (AvgIpc) is 1.74. The highest BCUT2D eigenvalue weighted by molar-refractivity contribution is 5.85. The standard InChI is InChI=1S/C55H75N27O5/c1-3-77-22-35(60-27-77)13-15-56-52-70-48(44-50(72-52)79(29-62-44)40-17-39(18-43(40)85)81-64-20-37(24-83)75-81)66-31-5-9-33(10-6-31)68-54-58-26-59-55(74-54)69-34-11-7-32(8-12-34)67-49-45-51(73-53(71-49)57-16-14-36-23-78(4-2)28-61-36)80(30-63-45)41-19-42(47(87)46(41)86)82-65-21-38(25-84)76-82/h20-23,26-34,39-43,46-47,83-87H,3-19,24-25H2,1-2H3,(H2,56,66,70,72)(H2,57,67,71,73)(H2,58,59,68,69,74)/t31-,32-,33-,34-,39-,40+,41+,42-,43+,46-,47+/m0/s1. The molecule has 32 heteroatoms. The van der Waals surface area contributed by atoms with Crippen molar-refractivity contribution in [1.29, 1.82) is 0 Å². The van der Waals surface area contributed by atoms with E-state index in [9.17, 15) is 25.5 Å². The number of aliphatic hydroxyl groups excluding tert-OH is 5. The van der Waals surface area contributed by atoms with Gasteiger partial charge >= 0.3 is 0 Å². The summed E-state index contributed by atoms with van der Waals surface area (Å²) in [4.78, 5) is 55.3. The summed E-state index contributed by atoms with van der Waals surface area (Å²) < 4.78 is 7.83. The Hall–Kier alpha value is -8.59. The summed E-state index contributed by atoms with van der Waals surface area (Å²) in [6.45, 7) is 6.44. The second-order valence-electron chi connectivity index (χ2n) is 23.2. The highest BCUT2D eigenvalue weighted by Crippen LogP contribution is 2.42. The van der Waals surface area contributed by atoms with Gasteiger partial charge in [0.2, 0.25) is 23.8 Å². The van der Waals surface area contributed by atoms with Gasteiger partial charge in [0.15, 0.2) is 34.0 Å². The summed E-state index contributed by atoms with van der Waals surface area (Å²) >= 11 is 0. The van der Waals surface area contributed by atoms with Crippen molar-refractivity contribution in [2.24, 2.45) is 0 Å². The molecular formula is C55H75N27O5. The van der Waals surface area contributed by atoms with E-state index >= 15 is 0 Å². The maximum absolute atomic E-state index is 11.4. The zero-order valence-corrected chi connectivity index (χ0v) is 48.6. The number of anilines is 6. The summed E-state index contributed by atoms with van der Waals surface area (Å²) in [5, 5.41) is 92.0. The number of aryl methyl sites for hydroxylation is 2. The van der Waals surface area contributed by atoms with Crippen molar-refractivity contribution < 1.29 is 25.5 Å². The first-order valence-corrected chi connectivity index (χ1v) is 30.4. The highest BCUT2D eigenvalue weighted by Gasteiger charge is 2.45. The van der Waals surface area contributed by atoms with Crippen LogP contribution in [0.3, 0.4) is 0 Å². The molecule has 0 bridgehead atoms. The molecule has 0 radical (unpaired) electrons. The highest BCUT2D eigenvalue weighted by atomic mass is 16.3. The number of imidazole rings is 4. The lowest BCUT2D eigenvalue weighted by Crippen LogP contribution is -2.34. The van der Waals surface area contributed by atoms with Crippen molar-refractivity contribution in [2.45, 2.75) is 190 Å². The number of hydrogen-bond acceptors (Lipinski definition) is 26. The number of hydrogen-bond donors (Lipinski definition) is 11. The van der Waals surface area contributed by atoms with Crippen molar-refractivity contribution in [3.63, 3.8) is 0 Å². The molecule has 4 aliphatic carbocycles. The lowest BCUT2D eigenvalue weighted by atomic mass is 9.91. The van der Waals surface area contributed by atoms with Crippen LogP contribution in [0.1, 0.15) is 131 Å². The maximum Gasteiger partial charge on any atom is 0.227 e. The zero-order chi connectivity index (χ0) is 59.5. The van der Waals surface area contributed by atoms with Crippen molar-refractivity contribution >= 4 is 57.8 Å². The van der Waals surface area contributed by atoms with E-state index in [1.165, 1.54) is 11.0 Å². The Kier molecular flexibility index (Phi) is 16.8. The minimum Gasteiger partial charge on any atom is -0.391 e. The summed E-state index contributed by atoms with van der Waals surface area (Å²) in [7, 11) is 0. The van der Waals surface area contributed by atoms with Gasteiger partial charge in [-0.05, 0) is 84.5 Å². The molecule has 0 aromatic carbocycles. The van der Waals surface area contributed by atoms with E-state index < -0.39 is 30.4 Å². The lowest BCUT2D eigenvalue weighted by Gasteiger charge is -2.31. The predicted molar refractivity (Wildman–Crippen MR) is 317 cm³/mol. The molecule has 4 aliphatic rings. The van der Waals surface area contributed by atoms with E-state index in [1.54, 1.807) is 34.5 Å². The number of fused-ring (bicyclic) bond motifs is 2. The van der Waals surface area contributed by atoms with E-state index in [0.29, 0.717) is 114 Å². The van der Waals surface area contributed by atoms with Crippen LogP contribution in [0.2, 0.25) is 0 Å². The zero-order valence-electron chi connectivity index (χ0n) is 48.6. The number of aliphatic hydroxyl groups is 5. The van der Waals surface area contributed by atoms with Crippen LogP contribution in [-0.2, 0) is 39.1 Å². The Bertz CT molecular complexity index is 3750. The number of aromatic nitrogens is 21. The molecule has 32 nitrogen and oxygen atoms in total. The molecule has 4 fully saturated rings. The SMILES string of the molecule is CCn1cnc(CCNc2nc(N[C@H]3CC[C@H](Nc4ncnc(N[C@H]5CC[C@H](Nc6nc(NCCc7cn(CC)cn7)nc7c6ncn7[C@@H]6C[C@H](n7ncc(CO)n7)C[C@H]6O)CC5)n4)CC3)c3ncn([C@@H]4C[C@H](n5ncc(CO)n5)[C@@H](O)[C@H]4O)c3n2)c1. The lowest BCUT2D eigenvalue weighted by molar-refractivity contribution is 0.00491. The van der Waals surface area contributed by atoms with Gasteiger partial charge in [0.25, 0.3) is 0 Å². The molecule has 0 spiro atoms. The molecule has 87 heavy (non-hydrogen) atoms. The first kappa shape index (κ1) is 57.5. The molecular weight excluding hydrogens is 1120 g/mol. The van der Waals surface area contributed by atoms with Gasteiger partial charge in [0, 0.05) is 75.6 Å². The molecule has 9 aromatic rings. The molecule has 0 aliphatic heterocycles. The number of nitrogens with one attached hydrogen (secondary N) is 6. The molecule has 11 N–H and O–H groups in total. The Morgan fingerprint density at radius 1 is 0.483 bits per heavy atom. The Labute approximate surface area is 499 Å². The molecule has 9 aromatic heterocycles. The monoisotopic (exact) mass is 1190 g/mol. The van der Waals surface area contributed by atoms with Gasteiger partial charge in [-0.2, -0.15) is 54.9 Å². The third-order valence-corrected chi connectivity index (χ3v) is 17.5. The van der Waals surface area contributed by atoms with Crippen LogP contribution in [0, 0.1) is 0 Å². The topological polar surface area (TPSA) is 396 Å². The van der Waals surface area contributed by atoms with Gasteiger partial charge in [-0.25, -0.2) is 29.9 Å². The third kappa shape index (κ3) is 12.5. The molecule has 9 heterocycles. The van der Waals surface area contributed by atoms with E-state index in [4.69, 9.17) is 34.9 Å². The molecule has 4 saturated carbocycles. The fraction of sp³-hybridized carbons (Fsp3) is 0.582. The van der Waals surface area contributed by atoms with Crippen molar-refractivity contribution in [3.05, 3.63) is 79.2 Å². The molecule has 0 amide bonds. The minimum absolute atomic E-state index is 0.0737. The Morgan fingerprint density at radius 2 is 0.966 bits per heavy atom. The largest absolute Gasteiger partial charge is 0.391 e. The van der Waals surface area contributed by atoms with Crippen molar-refractivity contribution in [2.75, 3.05) is 45.0 Å². The minimum atomic E-state index is -1.17. The van der Waals surface area contributed by atoms with Crippen LogP contribution in [0.5, 0.6) is 0 Å². The van der Waals surface area contributed by atoms with E-state index in [-0.39, 0.29) is 49.5 Å². The summed E-state index contributed by atoms with van der Waals surface area (Å²) in [5.41, 5.74) is 5.06. The normalized spacial score (nSPS) is 24.9. The summed E-state index contributed by atoms with van der Waals surface area (Å²) in [6.07, 6.45) is 22.1. The quantitative estimate of drug-likeness (QED) is 0.0414. The maximum atomic E-state index is 11.4. The molecule has 7 atom stereocenters. The van der Waals surface area contributed by atoms with E-state index in [1.807, 2.05) is 38.7 Å². The summed E-state index contributed by atoms with van der Waals surface area (Å²) in [6, 6.07) is -1.27.